The van der Waals surface area contributed by atoms with Crippen LogP contribution in [0, 0.1) is 17.8 Å². The van der Waals surface area contributed by atoms with E-state index in [0.29, 0.717) is 6.42 Å². The topological polar surface area (TPSA) is 213 Å². The maximum absolute atomic E-state index is 13.8. The zero-order chi connectivity index (χ0) is 40.9. The van der Waals surface area contributed by atoms with E-state index in [1.165, 1.54) is 0 Å². The third-order valence-electron chi connectivity index (χ3n) is 11.4. The Morgan fingerprint density at radius 3 is 2.23 bits per heavy atom. The Kier molecular flexibility index (Phi) is 14.1. The zero-order valence-electron chi connectivity index (χ0n) is 33.4. The minimum Gasteiger partial charge on any atom is -0.392 e. The fourth-order valence-corrected chi connectivity index (χ4v) is 8.77. The number of carbonyl (C=O) groups is 3. The van der Waals surface area contributed by atoms with Crippen LogP contribution in [0.15, 0.2) is 54.0 Å². The summed E-state index contributed by atoms with van der Waals surface area (Å²) >= 11 is 1.58. The number of aryl methyl sites for hydroxylation is 1. The third-order valence-corrected chi connectivity index (χ3v) is 12.4. The molecule has 0 radical (unpaired) electrons. The van der Waals surface area contributed by atoms with Crippen molar-refractivity contribution in [3.05, 3.63) is 76.4 Å². The Bertz CT molecular complexity index is 1780. The zero-order valence-corrected chi connectivity index (χ0v) is 34.2. The van der Waals surface area contributed by atoms with Gasteiger partial charge in [-0.15, -0.1) is 11.3 Å². The Hall–Kier alpha value is -3.76. The highest BCUT2D eigenvalue weighted by Gasteiger charge is 2.64. The molecule has 14 heteroatoms. The molecule has 0 bridgehead atoms. The van der Waals surface area contributed by atoms with Crippen LogP contribution in [0.2, 0.25) is 0 Å². The van der Waals surface area contributed by atoms with E-state index in [9.17, 15) is 29.7 Å². The van der Waals surface area contributed by atoms with Crippen molar-refractivity contribution in [3.8, 4) is 10.4 Å². The number of primary amides is 2. The first kappa shape index (κ1) is 43.4. The molecular weight excluding hydrogens is 733 g/mol. The average Bonchev–Trinajstić information content (AvgIpc) is 3.61. The largest absolute Gasteiger partial charge is 0.392 e. The van der Waals surface area contributed by atoms with Crippen molar-refractivity contribution in [2.75, 3.05) is 13.2 Å². The highest BCUT2D eigenvalue weighted by atomic mass is 32.1. The van der Waals surface area contributed by atoms with Crippen LogP contribution < -0.4 is 22.1 Å². The van der Waals surface area contributed by atoms with E-state index in [1.807, 2.05) is 88.7 Å². The predicted molar refractivity (Wildman–Crippen MR) is 216 cm³/mol. The van der Waals surface area contributed by atoms with Crippen molar-refractivity contribution in [3.63, 3.8) is 0 Å². The summed E-state index contributed by atoms with van der Waals surface area (Å²) in [5, 5.41) is 39.9. The molecule has 1 saturated carbocycles. The number of likely N-dealkylation sites (tertiary alicyclic amines) is 1. The number of aliphatic hydroxyl groups excluding tert-OH is 3. The normalized spacial score (nSPS) is 22.2. The second-order valence-corrected chi connectivity index (χ2v) is 17.4. The number of aliphatic hydroxyl groups is 3. The molecule has 1 aliphatic heterocycles. The van der Waals surface area contributed by atoms with Crippen molar-refractivity contribution in [1.82, 2.24) is 20.5 Å². The van der Waals surface area contributed by atoms with Crippen LogP contribution in [-0.4, -0.2) is 86.7 Å². The molecule has 1 saturated heterocycles. The lowest BCUT2D eigenvalue weighted by Gasteiger charge is -2.42. The number of thiazole rings is 1. The number of hydrogen-bond acceptors (Lipinski definition) is 11. The molecule has 5 rings (SSSR count). The minimum absolute atomic E-state index is 0.0925. The van der Waals surface area contributed by atoms with Gasteiger partial charge in [-0.1, -0.05) is 95.5 Å². The lowest BCUT2D eigenvalue weighted by atomic mass is 9.84. The Balaban J connectivity index is 1.28. The number of unbranched alkanes of at least 4 members (excludes halogenated alkanes) is 2. The van der Waals surface area contributed by atoms with E-state index in [0.717, 1.165) is 52.1 Å². The molecule has 13 nitrogen and oxygen atoms in total. The lowest BCUT2D eigenvalue weighted by Crippen LogP contribution is -2.61. The van der Waals surface area contributed by atoms with Crippen molar-refractivity contribution < 1.29 is 34.4 Å². The second-order valence-electron chi connectivity index (χ2n) is 16.6. The van der Waals surface area contributed by atoms with Crippen LogP contribution >= 0.6 is 11.3 Å². The van der Waals surface area contributed by atoms with Gasteiger partial charge < -0.3 is 36.8 Å². The van der Waals surface area contributed by atoms with E-state index >= 15 is 0 Å². The molecule has 2 aromatic carbocycles. The summed E-state index contributed by atoms with van der Waals surface area (Å²) in [6, 6.07) is 13.7. The van der Waals surface area contributed by atoms with Gasteiger partial charge in [0.05, 0.1) is 53.0 Å². The van der Waals surface area contributed by atoms with Gasteiger partial charge in [-0.2, -0.15) is 0 Å². The summed E-state index contributed by atoms with van der Waals surface area (Å²) in [5.41, 5.74) is 15.6. The van der Waals surface area contributed by atoms with E-state index in [2.05, 4.69) is 22.5 Å². The molecule has 2 unspecified atom stereocenters. The van der Waals surface area contributed by atoms with Gasteiger partial charge in [0, 0.05) is 12.5 Å². The summed E-state index contributed by atoms with van der Waals surface area (Å²) < 4.78 is 6.57. The lowest BCUT2D eigenvalue weighted by molar-refractivity contribution is -0.137. The molecule has 9 N–H and O–H groups in total. The number of hydrogen-bond donors (Lipinski definition) is 7. The van der Waals surface area contributed by atoms with Gasteiger partial charge in [0.25, 0.3) is 0 Å². The van der Waals surface area contributed by atoms with Gasteiger partial charge in [0.1, 0.15) is 17.9 Å². The first-order valence-corrected chi connectivity index (χ1v) is 20.5. The number of β-amino-alcohol motifs (C(OH)–C–C–N with tert-alkyl or cyclic N) is 1. The molecule has 2 fully saturated rings. The summed E-state index contributed by atoms with van der Waals surface area (Å²) in [6.07, 6.45) is 0.604. The standard InChI is InChI=1S/C42H60N6O7S/c1-7-8-9-10-33(28-15-13-27(14-16-28)31-20-42(31,39(43)53)40(44)54)55-34(22-49)47-36(41(4,5)6)38(52)48-21-30(50)19-32(48)37(51)46-24(2)26-11-17-29(18-12-26)35-25(3)45-23-56-35/h11-18,23-24,30-34,36,38,47,49-50,52H,7-10,19-22H2,1-6H3,(H2,43,53)(H2,44,54)(H,46,51)/t24-,30+,31?,32-,33?,34-,36+,38-/m0/s1. The number of carbonyl (C=O) groups excluding carboxylic acids is 3. The predicted octanol–water partition coefficient (Wildman–Crippen LogP) is 4.15. The fourth-order valence-electron chi connectivity index (χ4n) is 7.96. The number of nitrogens with two attached hydrogens (primary N) is 2. The second kappa shape index (κ2) is 18.2. The molecule has 1 aromatic heterocycles. The van der Waals surface area contributed by atoms with E-state index < -0.39 is 66.0 Å². The maximum atomic E-state index is 13.8. The molecular formula is C42H60N6O7S. The number of nitrogens with zero attached hydrogens (tertiary/aromatic N) is 2. The summed E-state index contributed by atoms with van der Waals surface area (Å²) in [4.78, 5) is 45.1. The van der Waals surface area contributed by atoms with E-state index in [-0.39, 0.29) is 37.3 Å². The van der Waals surface area contributed by atoms with E-state index in [1.54, 1.807) is 16.2 Å². The molecule has 2 aliphatic rings. The Labute approximate surface area is 334 Å². The van der Waals surface area contributed by atoms with Gasteiger partial charge in [-0.3, -0.25) is 24.6 Å². The number of ether oxygens (including phenoxy) is 1. The maximum Gasteiger partial charge on any atom is 0.238 e. The Morgan fingerprint density at radius 1 is 1.05 bits per heavy atom. The monoisotopic (exact) mass is 792 g/mol. The highest BCUT2D eigenvalue weighted by Crippen LogP contribution is 2.59. The molecule has 8 atom stereocenters. The van der Waals surface area contributed by atoms with Crippen LogP contribution in [-0.2, 0) is 19.1 Å². The van der Waals surface area contributed by atoms with Crippen molar-refractivity contribution in [2.45, 2.75) is 129 Å². The van der Waals surface area contributed by atoms with Crippen LogP contribution in [0.1, 0.15) is 114 Å². The molecule has 56 heavy (non-hydrogen) atoms. The van der Waals surface area contributed by atoms with Crippen molar-refractivity contribution in [1.29, 1.82) is 0 Å². The molecule has 1 aliphatic carbocycles. The van der Waals surface area contributed by atoms with Crippen LogP contribution in [0.25, 0.3) is 10.4 Å². The molecule has 3 amide bonds. The van der Waals surface area contributed by atoms with Gasteiger partial charge in [-0.05, 0) is 60.8 Å². The molecule has 3 aromatic rings. The summed E-state index contributed by atoms with van der Waals surface area (Å²) in [6.45, 7) is 11.6. The number of rotatable bonds is 19. The number of amides is 3. The van der Waals surface area contributed by atoms with Gasteiger partial charge in [0.2, 0.25) is 17.7 Å². The number of nitrogens with one attached hydrogen (secondary N) is 2. The fraction of sp³-hybridized carbons (Fsp3) is 0.571. The average molecular weight is 793 g/mol. The Morgan fingerprint density at radius 2 is 1.70 bits per heavy atom. The van der Waals surface area contributed by atoms with Crippen LogP contribution in [0.5, 0.6) is 0 Å². The van der Waals surface area contributed by atoms with Gasteiger partial charge in [0.15, 0.2) is 0 Å². The van der Waals surface area contributed by atoms with Gasteiger partial charge >= 0.3 is 0 Å². The smallest absolute Gasteiger partial charge is 0.238 e. The molecule has 0 spiro atoms. The summed E-state index contributed by atoms with van der Waals surface area (Å²) in [5.74, 6) is -2.12. The van der Waals surface area contributed by atoms with Crippen molar-refractivity contribution in [2.24, 2.45) is 22.3 Å². The first-order chi connectivity index (χ1) is 26.5. The minimum atomic E-state index is -1.37. The number of benzene rings is 2. The summed E-state index contributed by atoms with van der Waals surface area (Å²) in [7, 11) is 0. The third kappa shape index (κ3) is 9.67. The van der Waals surface area contributed by atoms with Crippen LogP contribution in [0.3, 0.4) is 0 Å². The quantitative estimate of drug-likeness (QED) is 0.0523. The van der Waals surface area contributed by atoms with E-state index in [4.69, 9.17) is 16.2 Å². The highest BCUT2D eigenvalue weighted by molar-refractivity contribution is 7.13. The first-order valence-electron chi connectivity index (χ1n) is 19.7. The van der Waals surface area contributed by atoms with Crippen molar-refractivity contribution >= 4 is 29.1 Å². The van der Waals surface area contributed by atoms with Crippen LogP contribution in [0.4, 0.5) is 0 Å². The molecule has 306 valence electrons. The number of aromatic nitrogens is 1. The molecule has 2 heterocycles. The SMILES string of the molecule is CCCCCC(O[C@@H](CO)N[C@H]([C@H](O)N1C[C@H](O)C[C@H]1C(=O)N[C@@H](C)c1ccc(-c2scnc2C)cc1)C(C)(C)C)c1ccc(C2CC2(C(N)=O)C(N)=O)cc1. The van der Waals surface area contributed by atoms with Gasteiger partial charge in [-0.25, -0.2) is 4.98 Å².